The minimum absolute atomic E-state index is 0.0559. The van der Waals surface area contributed by atoms with Crippen LogP contribution >= 0.6 is 0 Å². The maximum atomic E-state index is 13.2. The number of hydrogen-bond donors (Lipinski definition) is 1. The smallest absolute Gasteiger partial charge is 0.353 e. The van der Waals surface area contributed by atoms with E-state index < -0.39 is 17.5 Å². The van der Waals surface area contributed by atoms with E-state index in [0.717, 1.165) is 30.9 Å². The van der Waals surface area contributed by atoms with E-state index in [1.165, 1.54) is 4.90 Å². The molecule has 2 fully saturated rings. The molecule has 3 rings (SSSR count). The molecule has 0 spiro atoms. The van der Waals surface area contributed by atoms with Gasteiger partial charge in [0.15, 0.2) is 5.82 Å². The van der Waals surface area contributed by atoms with Crippen LogP contribution < -0.4 is 10.2 Å². The summed E-state index contributed by atoms with van der Waals surface area (Å²) in [4.78, 5) is 16.3. The summed E-state index contributed by atoms with van der Waals surface area (Å²) >= 11 is 0. The maximum Gasteiger partial charge on any atom is 0.392 e. The molecule has 3 heterocycles. The molecule has 0 bridgehead atoms. The number of aryl methyl sites for hydroxylation is 1. The Morgan fingerprint density at radius 1 is 1.21 bits per heavy atom. The number of nitrogens with one attached hydrogen (secondary N) is 1. The fourth-order valence-electron chi connectivity index (χ4n) is 4.27. The Morgan fingerprint density at radius 2 is 1.96 bits per heavy atom. The van der Waals surface area contributed by atoms with Crippen molar-refractivity contribution in [3.8, 4) is 0 Å². The van der Waals surface area contributed by atoms with Crippen molar-refractivity contribution in [2.24, 2.45) is 11.3 Å². The summed E-state index contributed by atoms with van der Waals surface area (Å²) in [7, 11) is 0. The molecule has 2 unspecified atom stereocenters. The summed E-state index contributed by atoms with van der Waals surface area (Å²) < 4.78 is 39.7. The molecule has 1 N–H and O–H groups in total. The first kappa shape index (κ1) is 20.7. The Kier molecular flexibility index (Phi) is 5.72. The highest BCUT2D eigenvalue weighted by atomic mass is 19.4. The first-order valence-electron chi connectivity index (χ1n) is 9.74. The van der Waals surface area contributed by atoms with Crippen LogP contribution in [0.5, 0.6) is 0 Å². The van der Waals surface area contributed by atoms with E-state index in [1.54, 1.807) is 13.8 Å². The zero-order valence-electron chi connectivity index (χ0n) is 16.6. The van der Waals surface area contributed by atoms with Gasteiger partial charge < -0.3 is 15.1 Å². The number of urea groups is 1. The third-order valence-electron chi connectivity index (χ3n) is 5.77. The fraction of sp³-hybridized carbons (Fsp3) is 0.737. The van der Waals surface area contributed by atoms with Crippen molar-refractivity contribution in [1.29, 1.82) is 0 Å². The highest BCUT2D eigenvalue weighted by Gasteiger charge is 2.51. The Morgan fingerprint density at radius 3 is 2.57 bits per heavy atom. The van der Waals surface area contributed by atoms with Crippen molar-refractivity contribution in [3.63, 3.8) is 0 Å². The summed E-state index contributed by atoms with van der Waals surface area (Å²) in [6.07, 6.45) is -2.54. The van der Waals surface area contributed by atoms with Gasteiger partial charge in [0.1, 0.15) is 0 Å². The number of alkyl halides is 3. The Balaban J connectivity index is 1.58. The molecule has 2 amide bonds. The topological polar surface area (TPSA) is 61.4 Å². The zero-order chi connectivity index (χ0) is 20.5. The highest BCUT2D eigenvalue weighted by molar-refractivity contribution is 5.74. The highest BCUT2D eigenvalue weighted by Crippen LogP contribution is 2.45. The summed E-state index contributed by atoms with van der Waals surface area (Å²) in [6.45, 7) is 6.73. The number of carbonyl (C=O) groups excluding carboxylic acids is 1. The molecule has 0 aliphatic carbocycles. The van der Waals surface area contributed by atoms with E-state index in [9.17, 15) is 18.0 Å². The minimum Gasteiger partial charge on any atom is -0.353 e. The number of hydrogen-bond acceptors (Lipinski definition) is 4. The van der Waals surface area contributed by atoms with Crippen LogP contribution in [-0.4, -0.2) is 59.5 Å². The van der Waals surface area contributed by atoms with Gasteiger partial charge in [-0.3, -0.25) is 0 Å². The third-order valence-corrected chi connectivity index (χ3v) is 5.77. The molecule has 1 aromatic heterocycles. The van der Waals surface area contributed by atoms with Gasteiger partial charge in [0, 0.05) is 32.2 Å². The predicted molar refractivity (Wildman–Crippen MR) is 100 cm³/mol. The molecule has 2 saturated heterocycles. The predicted octanol–water partition coefficient (Wildman–Crippen LogP) is 3.37. The largest absolute Gasteiger partial charge is 0.392 e. The van der Waals surface area contributed by atoms with E-state index in [0.29, 0.717) is 6.54 Å². The van der Waals surface area contributed by atoms with Gasteiger partial charge in [-0.05, 0) is 43.7 Å². The number of anilines is 1. The first-order chi connectivity index (χ1) is 13.1. The molecule has 0 radical (unpaired) electrons. The molecule has 6 nitrogen and oxygen atoms in total. The molecule has 1 aromatic rings. The Labute approximate surface area is 163 Å². The Bertz CT molecular complexity index is 692. The molecule has 2 atom stereocenters. The van der Waals surface area contributed by atoms with Crippen LogP contribution in [0, 0.1) is 18.3 Å². The second-order valence-corrected chi connectivity index (χ2v) is 8.56. The normalized spacial score (nSPS) is 25.5. The molecule has 0 aromatic carbocycles. The van der Waals surface area contributed by atoms with E-state index in [2.05, 4.69) is 20.4 Å². The fourth-order valence-corrected chi connectivity index (χ4v) is 4.27. The summed E-state index contributed by atoms with van der Waals surface area (Å²) in [5.41, 5.74) is -0.153. The average molecular weight is 399 g/mol. The number of nitrogens with zero attached hydrogens (tertiary/aromatic N) is 4. The minimum atomic E-state index is -4.23. The van der Waals surface area contributed by atoms with E-state index >= 15 is 0 Å². The number of aromatic nitrogens is 2. The number of rotatable bonds is 2. The number of piperidine rings is 2. The van der Waals surface area contributed by atoms with Crippen molar-refractivity contribution >= 4 is 11.8 Å². The lowest BCUT2D eigenvalue weighted by Gasteiger charge is -2.45. The molecule has 2 aliphatic heterocycles. The van der Waals surface area contributed by atoms with Gasteiger partial charge in [-0.1, -0.05) is 13.8 Å². The van der Waals surface area contributed by atoms with Crippen molar-refractivity contribution in [1.82, 2.24) is 20.4 Å². The van der Waals surface area contributed by atoms with Crippen molar-refractivity contribution in [3.05, 3.63) is 17.8 Å². The Hall–Kier alpha value is -2.06. The molecule has 156 valence electrons. The van der Waals surface area contributed by atoms with Crippen molar-refractivity contribution in [2.75, 3.05) is 31.1 Å². The number of amides is 2. The van der Waals surface area contributed by atoms with E-state index in [1.807, 2.05) is 19.1 Å². The molecule has 0 saturated carbocycles. The van der Waals surface area contributed by atoms with Crippen molar-refractivity contribution in [2.45, 2.75) is 52.3 Å². The van der Waals surface area contributed by atoms with E-state index in [4.69, 9.17) is 0 Å². The van der Waals surface area contributed by atoms with E-state index in [-0.39, 0.29) is 31.6 Å². The van der Waals surface area contributed by atoms with Crippen molar-refractivity contribution < 1.29 is 18.0 Å². The van der Waals surface area contributed by atoms with Gasteiger partial charge in [0.2, 0.25) is 0 Å². The lowest BCUT2D eigenvalue weighted by Crippen LogP contribution is -2.57. The van der Waals surface area contributed by atoms with Crippen LogP contribution in [0.1, 0.15) is 38.8 Å². The lowest BCUT2D eigenvalue weighted by atomic mass is 9.73. The van der Waals surface area contributed by atoms with Gasteiger partial charge in [-0.15, -0.1) is 5.10 Å². The third kappa shape index (κ3) is 4.67. The number of halogens is 3. The summed E-state index contributed by atoms with van der Waals surface area (Å²) in [5, 5.41) is 11.3. The van der Waals surface area contributed by atoms with Gasteiger partial charge in [-0.2, -0.15) is 18.3 Å². The molecule has 9 heteroatoms. The molecule has 2 aliphatic rings. The maximum absolute atomic E-state index is 13.2. The lowest BCUT2D eigenvalue weighted by molar-refractivity contribution is -0.214. The van der Waals surface area contributed by atoms with Crippen LogP contribution in [0.15, 0.2) is 12.1 Å². The monoisotopic (exact) mass is 399 g/mol. The van der Waals surface area contributed by atoms with Gasteiger partial charge in [0.05, 0.1) is 11.6 Å². The first-order valence-corrected chi connectivity index (χ1v) is 9.74. The standard InChI is InChI=1S/C19H28F3N5O/c1-13-6-7-16(25-24-13)26-9-4-5-14(11-26)23-17(28)27-10-8-15(19(20,21)22)18(2,3)12-27/h6-7,14-15H,4-5,8-12H2,1-3H3,(H,23,28). The zero-order valence-corrected chi connectivity index (χ0v) is 16.6. The van der Waals surface area contributed by atoms with Crippen LogP contribution in [0.25, 0.3) is 0 Å². The SMILES string of the molecule is Cc1ccc(N2CCCC(NC(=O)N3CCC(C(F)(F)F)C(C)(C)C3)C2)nn1. The summed E-state index contributed by atoms with van der Waals surface area (Å²) in [6, 6.07) is 3.47. The average Bonchev–Trinajstić information content (AvgIpc) is 2.60. The number of likely N-dealkylation sites (tertiary alicyclic amines) is 1. The van der Waals surface area contributed by atoms with Crippen LogP contribution in [0.2, 0.25) is 0 Å². The number of carbonyl (C=O) groups is 1. The molecular formula is C19H28F3N5O. The van der Waals surface area contributed by atoms with Gasteiger partial charge in [0.25, 0.3) is 0 Å². The van der Waals surface area contributed by atoms with Gasteiger partial charge in [-0.25, -0.2) is 4.79 Å². The van der Waals surface area contributed by atoms with Gasteiger partial charge >= 0.3 is 12.2 Å². The second-order valence-electron chi connectivity index (χ2n) is 8.56. The summed E-state index contributed by atoms with van der Waals surface area (Å²) in [5.74, 6) is -0.606. The van der Waals surface area contributed by atoms with Crippen LogP contribution in [-0.2, 0) is 0 Å². The molecule has 28 heavy (non-hydrogen) atoms. The quantitative estimate of drug-likeness (QED) is 0.828. The molecular weight excluding hydrogens is 371 g/mol. The second kappa shape index (κ2) is 7.75. The van der Waals surface area contributed by atoms with Crippen LogP contribution in [0.4, 0.5) is 23.8 Å². The van der Waals surface area contributed by atoms with Crippen LogP contribution in [0.3, 0.4) is 0 Å².